The van der Waals surface area contributed by atoms with Crippen LogP contribution in [0.5, 0.6) is 0 Å². The summed E-state index contributed by atoms with van der Waals surface area (Å²) in [7, 11) is 0. The van der Waals surface area contributed by atoms with Gasteiger partial charge < -0.3 is 19.5 Å². The lowest BCUT2D eigenvalue weighted by molar-refractivity contribution is -0.118. The van der Waals surface area contributed by atoms with Crippen LogP contribution >= 0.6 is 11.6 Å². The number of likely N-dealkylation sites (tertiary alicyclic amines) is 1. The minimum atomic E-state index is -0.506. The smallest absolute Gasteiger partial charge is 0.410 e. The van der Waals surface area contributed by atoms with E-state index in [1.54, 1.807) is 0 Å². The van der Waals surface area contributed by atoms with Gasteiger partial charge in [0.1, 0.15) is 5.60 Å². The molecule has 1 unspecified atom stereocenters. The monoisotopic (exact) mass is 419 g/mol. The van der Waals surface area contributed by atoms with Crippen LogP contribution in [0.15, 0.2) is 24.3 Å². The Morgan fingerprint density at radius 2 is 2.03 bits per heavy atom. The zero-order valence-corrected chi connectivity index (χ0v) is 18.4. The van der Waals surface area contributed by atoms with Crippen LogP contribution in [0.2, 0.25) is 5.02 Å². The summed E-state index contributed by atoms with van der Waals surface area (Å²) in [6.45, 7) is 9.71. The molecule has 1 saturated heterocycles. The summed E-state index contributed by atoms with van der Waals surface area (Å²) >= 11 is 6.24. The van der Waals surface area contributed by atoms with Crippen molar-refractivity contribution in [1.82, 2.24) is 14.8 Å². The van der Waals surface area contributed by atoms with Gasteiger partial charge in [0, 0.05) is 55.3 Å². The fourth-order valence-electron chi connectivity index (χ4n) is 3.89. The van der Waals surface area contributed by atoms with Crippen LogP contribution in [0.25, 0.3) is 10.9 Å². The molecule has 1 atom stereocenters. The van der Waals surface area contributed by atoms with Gasteiger partial charge in [-0.05, 0) is 57.2 Å². The van der Waals surface area contributed by atoms with Gasteiger partial charge in [0.25, 0.3) is 0 Å². The van der Waals surface area contributed by atoms with Crippen LogP contribution in [0, 0.1) is 0 Å². The van der Waals surface area contributed by atoms with Crippen LogP contribution in [0.3, 0.4) is 0 Å². The van der Waals surface area contributed by atoms with Gasteiger partial charge in [-0.15, -0.1) is 0 Å². The van der Waals surface area contributed by atoms with Gasteiger partial charge in [-0.3, -0.25) is 4.79 Å². The molecule has 0 aliphatic carbocycles. The molecule has 0 saturated carbocycles. The summed E-state index contributed by atoms with van der Waals surface area (Å²) in [5.74, 6) is 0.162. The van der Waals surface area contributed by atoms with E-state index in [0.717, 1.165) is 23.7 Å². The Bertz CT molecular complexity index is 901. The van der Waals surface area contributed by atoms with E-state index in [2.05, 4.69) is 16.0 Å². The van der Waals surface area contributed by atoms with Crippen molar-refractivity contribution >= 4 is 34.5 Å². The van der Waals surface area contributed by atoms with Crippen molar-refractivity contribution in [3.8, 4) is 0 Å². The highest BCUT2D eigenvalue weighted by Gasteiger charge is 2.30. The molecule has 2 heterocycles. The number of hydrogen-bond donors (Lipinski definition) is 1. The highest BCUT2D eigenvalue weighted by atomic mass is 35.5. The van der Waals surface area contributed by atoms with E-state index in [1.807, 2.05) is 43.9 Å². The van der Waals surface area contributed by atoms with Crippen molar-refractivity contribution < 1.29 is 14.3 Å². The molecule has 158 valence electrons. The lowest BCUT2D eigenvalue weighted by Crippen LogP contribution is -2.42. The van der Waals surface area contributed by atoms with Crippen molar-refractivity contribution in [2.45, 2.75) is 58.6 Å². The van der Waals surface area contributed by atoms with Gasteiger partial charge in [0.2, 0.25) is 5.91 Å². The molecule has 1 aliphatic heterocycles. The van der Waals surface area contributed by atoms with Crippen molar-refractivity contribution in [3.63, 3.8) is 0 Å². The number of nitrogens with one attached hydrogen (secondary N) is 1. The summed E-state index contributed by atoms with van der Waals surface area (Å²) < 4.78 is 7.80. The Morgan fingerprint density at radius 1 is 1.28 bits per heavy atom. The van der Waals surface area contributed by atoms with Gasteiger partial charge in [-0.1, -0.05) is 17.7 Å². The Balaban J connectivity index is 1.87. The maximum absolute atomic E-state index is 12.6. The van der Waals surface area contributed by atoms with E-state index in [1.165, 1.54) is 12.6 Å². The summed E-state index contributed by atoms with van der Waals surface area (Å²) in [4.78, 5) is 25.7. The Hall–Kier alpha value is -2.21. The molecular weight excluding hydrogens is 390 g/mol. The molecule has 6 nitrogen and oxygen atoms in total. The lowest BCUT2D eigenvalue weighted by Gasteiger charge is -2.34. The predicted molar refractivity (Wildman–Crippen MR) is 115 cm³/mol. The molecule has 1 aromatic carbocycles. The summed E-state index contributed by atoms with van der Waals surface area (Å²) in [6.07, 6.45) is 1.67. The van der Waals surface area contributed by atoms with Crippen LogP contribution in [0.4, 0.5) is 4.79 Å². The summed E-state index contributed by atoms with van der Waals surface area (Å²) in [5.41, 5.74) is 1.71. The Morgan fingerprint density at radius 3 is 2.72 bits per heavy atom. The zero-order valence-electron chi connectivity index (χ0n) is 17.6. The zero-order chi connectivity index (χ0) is 21.2. The number of piperidine rings is 1. The number of amides is 2. The van der Waals surface area contributed by atoms with Crippen molar-refractivity contribution in [3.05, 3.63) is 35.0 Å². The quantitative estimate of drug-likeness (QED) is 0.790. The first-order valence-electron chi connectivity index (χ1n) is 10.1. The molecule has 1 aliphatic rings. The third-order valence-corrected chi connectivity index (χ3v) is 5.33. The SMILES string of the molecule is CC(=O)NCCn1c(C2CCCN(C(=O)OC(C)(C)C)C2)cc2ccc(Cl)cc21. The van der Waals surface area contributed by atoms with E-state index >= 15 is 0 Å². The van der Waals surface area contributed by atoms with E-state index in [-0.39, 0.29) is 17.9 Å². The molecule has 2 amide bonds. The third kappa shape index (κ3) is 5.44. The number of carbonyl (C=O) groups excluding carboxylic acids is 2. The average Bonchev–Trinajstić information content (AvgIpc) is 2.98. The molecule has 3 rings (SSSR count). The molecule has 29 heavy (non-hydrogen) atoms. The van der Waals surface area contributed by atoms with Gasteiger partial charge >= 0.3 is 6.09 Å². The highest BCUT2D eigenvalue weighted by Crippen LogP contribution is 2.33. The number of nitrogens with zero attached hydrogens (tertiary/aromatic N) is 2. The molecule has 1 N–H and O–H groups in total. The van der Waals surface area contributed by atoms with E-state index in [4.69, 9.17) is 16.3 Å². The van der Waals surface area contributed by atoms with Crippen molar-refractivity contribution in [2.75, 3.05) is 19.6 Å². The Labute approximate surface area is 177 Å². The van der Waals surface area contributed by atoms with Gasteiger partial charge in [-0.2, -0.15) is 0 Å². The molecule has 2 aromatic rings. The largest absolute Gasteiger partial charge is 0.444 e. The first kappa shape index (κ1) is 21.5. The second-order valence-electron chi connectivity index (χ2n) is 8.67. The maximum Gasteiger partial charge on any atom is 0.410 e. The number of fused-ring (bicyclic) bond motifs is 1. The van der Waals surface area contributed by atoms with E-state index < -0.39 is 5.60 Å². The number of halogens is 1. The highest BCUT2D eigenvalue weighted by molar-refractivity contribution is 6.31. The Kier molecular flexibility index (Phi) is 6.42. The van der Waals surface area contributed by atoms with Crippen molar-refractivity contribution in [2.24, 2.45) is 0 Å². The van der Waals surface area contributed by atoms with Gasteiger partial charge in [0.15, 0.2) is 0 Å². The van der Waals surface area contributed by atoms with Crippen LogP contribution < -0.4 is 5.32 Å². The van der Waals surface area contributed by atoms with Crippen LogP contribution in [0.1, 0.15) is 52.1 Å². The number of aromatic nitrogens is 1. The van der Waals surface area contributed by atoms with Gasteiger partial charge in [0.05, 0.1) is 0 Å². The van der Waals surface area contributed by atoms with Crippen molar-refractivity contribution in [1.29, 1.82) is 0 Å². The minimum Gasteiger partial charge on any atom is -0.444 e. The second-order valence-corrected chi connectivity index (χ2v) is 9.11. The minimum absolute atomic E-state index is 0.0465. The fraction of sp³-hybridized carbons (Fsp3) is 0.545. The standard InChI is InChI=1S/C22H30ClN3O3/c1-15(27)24-9-11-26-19(12-16-7-8-18(23)13-20(16)26)17-6-5-10-25(14-17)21(28)29-22(2,3)4/h7-8,12-13,17H,5-6,9-11,14H2,1-4H3,(H,24,27). The lowest BCUT2D eigenvalue weighted by atomic mass is 9.94. The molecule has 0 spiro atoms. The summed E-state index contributed by atoms with van der Waals surface area (Å²) in [5, 5.41) is 4.66. The summed E-state index contributed by atoms with van der Waals surface area (Å²) in [6, 6.07) is 8.05. The topological polar surface area (TPSA) is 63.6 Å². The molecule has 0 radical (unpaired) electrons. The first-order chi connectivity index (χ1) is 13.6. The van der Waals surface area contributed by atoms with Gasteiger partial charge in [-0.25, -0.2) is 4.79 Å². The van der Waals surface area contributed by atoms with E-state index in [0.29, 0.717) is 31.2 Å². The normalized spacial score (nSPS) is 17.4. The number of ether oxygens (including phenoxy) is 1. The number of carbonyl (C=O) groups is 2. The van der Waals surface area contributed by atoms with Crippen LogP contribution in [-0.2, 0) is 16.1 Å². The number of hydrogen-bond acceptors (Lipinski definition) is 3. The number of rotatable bonds is 4. The fourth-order valence-corrected chi connectivity index (χ4v) is 4.06. The molecule has 7 heteroatoms. The molecule has 1 fully saturated rings. The van der Waals surface area contributed by atoms with Crippen LogP contribution in [-0.4, -0.2) is 46.7 Å². The molecule has 0 bridgehead atoms. The third-order valence-electron chi connectivity index (χ3n) is 5.10. The molecule has 1 aromatic heterocycles. The first-order valence-corrected chi connectivity index (χ1v) is 10.5. The number of benzene rings is 1. The second kappa shape index (κ2) is 8.66. The molecular formula is C22H30ClN3O3. The average molecular weight is 420 g/mol. The maximum atomic E-state index is 12.6. The predicted octanol–water partition coefficient (Wildman–Crippen LogP) is 4.55. The van der Waals surface area contributed by atoms with E-state index in [9.17, 15) is 9.59 Å².